The van der Waals surface area contributed by atoms with Crippen LogP contribution in [0.2, 0.25) is 0 Å². The highest BCUT2D eigenvalue weighted by Crippen LogP contribution is 2.28. The average Bonchev–Trinajstić information content (AvgIpc) is 2.52. The molecule has 3 nitrogen and oxygen atoms in total. The van der Waals surface area contributed by atoms with E-state index in [1.165, 1.54) is 6.07 Å². The summed E-state index contributed by atoms with van der Waals surface area (Å²) in [4.78, 5) is 3.81. The fourth-order valence-corrected chi connectivity index (χ4v) is 2.38. The number of nitrogens with one attached hydrogen (secondary N) is 1. The van der Waals surface area contributed by atoms with Crippen molar-refractivity contribution in [2.24, 2.45) is 0 Å². The number of halogens is 1. The molecule has 0 saturated carbocycles. The second-order valence-electron chi connectivity index (χ2n) is 4.67. The molecule has 0 saturated heterocycles. The van der Waals surface area contributed by atoms with Gasteiger partial charge in [-0.2, -0.15) is 4.39 Å². The minimum absolute atomic E-state index is 0.495. The Balaban J connectivity index is 1.95. The summed E-state index contributed by atoms with van der Waals surface area (Å²) in [6.07, 6.45) is 0. The molecular weight excluding hydrogens is 267 g/mol. The lowest BCUT2D eigenvalue weighted by atomic mass is 10.0. The first-order chi connectivity index (χ1) is 10.3. The van der Waals surface area contributed by atoms with Crippen molar-refractivity contribution in [1.29, 1.82) is 0 Å². The topological polar surface area (TPSA) is 34.1 Å². The molecule has 0 fully saturated rings. The maximum Gasteiger partial charge on any atom is 0.214 e. The third kappa shape index (κ3) is 2.79. The Kier molecular flexibility index (Phi) is 3.69. The molecule has 0 bridgehead atoms. The quantitative estimate of drug-likeness (QED) is 0.735. The van der Waals surface area contributed by atoms with Gasteiger partial charge in [0, 0.05) is 12.1 Å². The van der Waals surface area contributed by atoms with E-state index >= 15 is 0 Å². The van der Waals surface area contributed by atoms with Gasteiger partial charge in [-0.15, -0.1) is 0 Å². The first kappa shape index (κ1) is 13.4. The molecule has 3 aromatic rings. The first-order valence-electron chi connectivity index (χ1n) is 6.69. The zero-order chi connectivity index (χ0) is 14.7. The molecule has 106 valence electrons. The number of ether oxygens (including phenoxy) is 1. The van der Waals surface area contributed by atoms with Gasteiger partial charge in [-0.25, -0.2) is 4.98 Å². The number of nitrogens with zero attached hydrogens (tertiary/aromatic N) is 1. The number of methoxy groups -OCH3 is 1. The number of hydrogen-bond acceptors (Lipinski definition) is 3. The number of rotatable bonds is 4. The van der Waals surface area contributed by atoms with Crippen molar-refractivity contribution in [3.8, 4) is 5.75 Å². The molecule has 1 N–H and O–H groups in total. The summed E-state index contributed by atoms with van der Waals surface area (Å²) >= 11 is 0. The molecule has 21 heavy (non-hydrogen) atoms. The van der Waals surface area contributed by atoms with E-state index in [9.17, 15) is 4.39 Å². The third-order valence-electron chi connectivity index (χ3n) is 3.38. The van der Waals surface area contributed by atoms with Crippen molar-refractivity contribution in [1.82, 2.24) is 4.98 Å². The third-order valence-corrected chi connectivity index (χ3v) is 3.38. The summed E-state index contributed by atoms with van der Waals surface area (Å²) in [5.41, 5.74) is 1.03. The van der Waals surface area contributed by atoms with E-state index in [0.717, 1.165) is 22.1 Å². The van der Waals surface area contributed by atoms with Gasteiger partial charge < -0.3 is 10.1 Å². The van der Waals surface area contributed by atoms with E-state index in [0.29, 0.717) is 12.4 Å². The van der Waals surface area contributed by atoms with Crippen LogP contribution in [0.5, 0.6) is 5.75 Å². The van der Waals surface area contributed by atoms with Crippen LogP contribution in [0.3, 0.4) is 0 Å². The van der Waals surface area contributed by atoms with Crippen molar-refractivity contribution >= 4 is 16.6 Å². The lowest BCUT2D eigenvalue weighted by Gasteiger charge is -2.13. The summed E-state index contributed by atoms with van der Waals surface area (Å²) < 4.78 is 18.5. The number of hydrogen-bond donors (Lipinski definition) is 1. The van der Waals surface area contributed by atoms with Gasteiger partial charge in [0.2, 0.25) is 5.95 Å². The molecule has 1 heterocycles. The Bertz CT molecular complexity index is 774. The van der Waals surface area contributed by atoms with Crippen LogP contribution < -0.4 is 10.1 Å². The lowest BCUT2D eigenvalue weighted by molar-refractivity contribution is 0.411. The number of benzene rings is 2. The molecule has 1 aromatic heterocycles. The summed E-state index contributed by atoms with van der Waals surface area (Å²) in [7, 11) is 1.65. The predicted molar refractivity (Wildman–Crippen MR) is 82.0 cm³/mol. The summed E-state index contributed by atoms with van der Waals surface area (Å²) in [5.74, 6) is 0.812. The number of aromatic nitrogens is 1. The number of pyridine rings is 1. The minimum Gasteiger partial charge on any atom is -0.496 e. The van der Waals surface area contributed by atoms with Gasteiger partial charge in [0.05, 0.1) is 7.11 Å². The lowest BCUT2D eigenvalue weighted by Crippen LogP contribution is -2.04. The van der Waals surface area contributed by atoms with Crippen LogP contribution in [0.4, 0.5) is 10.2 Å². The number of anilines is 1. The molecule has 0 radical (unpaired) electrons. The van der Waals surface area contributed by atoms with Crippen molar-refractivity contribution in [2.45, 2.75) is 6.54 Å². The van der Waals surface area contributed by atoms with Crippen LogP contribution in [0.15, 0.2) is 54.6 Å². The SMILES string of the molecule is COc1ccc2ccccc2c1CNc1cccc(F)n1. The summed E-state index contributed by atoms with van der Waals surface area (Å²) in [6.45, 7) is 0.515. The highest BCUT2D eigenvalue weighted by atomic mass is 19.1. The van der Waals surface area contributed by atoms with Crippen molar-refractivity contribution in [2.75, 3.05) is 12.4 Å². The number of fused-ring (bicyclic) bond motifs is 1. The van der Waals surface area contributed by atoms with E-state index in [2.05, 4.69) is 16.4 Å². The monoisotopic (exact) mass is 282 g/mol. The zero-order valence-corrected chi connectivity index (χ0v) is 11.6. The molecule has 3 rings (SSSR count). The molecule has 0 amide bonds. The maximum atomic E-state index is 13.1. The Morgan fingerprint density at radius 1 is 1.05 bits per heavy atom. The molecule has 0 atom stereocenters. The first-order valence-corrected chi connectivity index (χ1v) is 6.69. The van der Waals surface area contributed by atoms with Gasteiger partial charge in [0.25, 0.3) is 0 Å². The van der Waals surface area contributed by atoms with Crippen molar-refractivity contribution in [3.63, 3.8) is 0 Å². The fourth-order valence-electron chi connectivity index (χ4n) is 2.38. The standard InChI is InChI=1S/C17H15FN2O/c1-21-15-10-9-12-5-2-3-6-13(12)14(15)11-19-17-8-4-7-16(18)20-17/h2-10H,11H2,1H3,(H,19,20). The van der Waals surface area contributed by atoms with Gasteiger partial charge in [-0.3, -0.25) is 0 Å². The Morgan fingerprint density at radius 2 is 1.90 bits per heavy atom. The van der Waals surface area contributed by atoms with E-state index in [-0.39, 0.29) is 0 Å². The van der Waals surface area contributed by atoms with Crippen molar-refractivity contribution in [3.05, 3.63) is 66.1 Å². The van der Waals surface area contributed by atoms with Gasteiger partial charge >= 0.3 is 0 Å². The average molecular weight is 282 g/mol. The van der Waals surface area contributed by atoms with Crippen LogP contribution in [-0.2, 0) is 6.54 Å². The second kappa shape index (κ2) is 5.79. The van der Waals surface area contributed by atoms with Crippen molar-refractivity contribution < 1.29 is 9.13 Å². The van der Waals surface area contributed by atoms with Gasteiger partial charge in [-0.1, -0.05) is 36.4 Å². The second-order valence-corrected chi connectivity index (χ2v) is 4.67. The van der Waals surface area contributed by atoms with E-state index in [1.54, 1.807) is 19.2 Å². The predicted octanol–water partition coefficient (Wildman–Crippen LogP) is 3.99. The normalized spacial score (nSPS) is 10.6. The van der Waals surface area contributed by atoms with Gasteiger partial charge in [0.15, 0.2) is 0 Å². The summed E-state index contributed by atoms with van der Waals surface area (Å²) in [6, 6.07) is 16.8. The molecule has 2 aromatic carbocycles. The minimum atomic E-state index is -0.495. The van der Waals surface area contributed by atoms with Crippen LogP contribution in [0.1, 0.15) is 5.56 Å². The fraction of sp³-hybridized carbons (Fsp3) is 0.118. The highest BCUT2D eigenvalue weighted by Gasteiger charge is 2.08. The largest absolute Gasteiger partial charge is 0.496 e. The molecule has 0 aliphatic heterocycles. The smallest absolute Gasteiger partial charge is 0.214 e. The van der Waals surface area contributed by atoms with Gasteiger partial charge in [0.1, 0.15) is 11.6 Å². The Hall–Kier alpha value is -2.62. The zero-order valence-electron chi connectivity index (χ0n) is 11.6. The van der Waals surface area contributed by atoms with Crippen LogP contribution in [-0.4, -0.2) is 12.1 Å². The molecule has 0 aliphatic rings. The van der Waals surface area contributed by atoms with E-state index < -0.39 is 5.95 Å². The molecule has 0 aliphatic carbocycles. The molecule has 0 unspecified atom stereocenters. The van der Waals surface area contributed by atoms with Crippen LogP contribution >= 0.6 is 0 Å². The molecule has 0 spiro atoms. The van der Waals surface area contributed by atoms with Gasteiger partial charge in [-0.05, 0) is 29.0 Å². The highest BCUT2D eigenvalue weighted by molar-refractivity contribution is 5.88. The van der Waals surface area contributed by atoms with Crippen LogP contribution in [0, 0.1) is 5.95 Å². The van der Waals surface area contributed by atoms with E-state index in [4.69, 9.17) is 4.74 Å². The molecular formula is C17H15FN2O. The van der Waals surface area contributed by atoms with Crippen LogP contribution in [0.25, 0.3) is 10.8 Å². The maximum absolute atomic E-state index is 13.1. The van der Waals surface area contributed by atoms with E-state index in [1.807, 2.05) is 30.3 Å². The Labute approximate surface area is 122 Å². The summed E-state index contributed by atoms with van der Waals surface area (Å²) in [5, 5.41) is 5.39. The molecule has 4 heteroatoms. The Morgan fingerprint density at radius 3 is 2.71 bits per heavy atom.